The number of aromatic nitrogens is 2. The van der Waals surface area contributed by atoms with Crippen LogP contribution in [0.25, 0.3) is 15.9 Å². The van der Waals surface area contributed by atoms with Gasteiger partial charge in [-0.2, -0.15) is 0 Å². The van der Waals surface area contributed by atoms with E-state index in [4.69, 9.17) is 4.98 Å². The van der Waals surface area contributed by atoms with E-state index in [0.717, 1.165) is 41.6 Å². The van der Waals surface area contributed by atoms with E-state index in [9.17, 15) is 19.8 Å². The number of benzene rings is 2. The van der Waals surface area contributed by atoms with Crippen LogP contribution in [0.2, 0.25) is 0 Å². The first-order valence-electron chi connectivity index (χ1n) is 10.7. The lowest BCUT2D eigenvalue weighted by Crippen LogP contribution is -2.22. The normalized spacial score (nSPS) is 13.2. The van der Waals surface area contributed by atoms with E-state index in [1.807, 2.05) is 31.2 Å². The third kappa shape index (κ3) is 4.05. The first-order chi connectivity index (χ1) is 15.9. The number of hydrogen-bond donors (Lipinski definition) is 2. The minimum Gasteiger partial charge on any atom is -0.504 e. The van der Waals surface area contributed by atoms with Crippen LogP contribution in [0, 0.1) is 6.92 Å². The van der Waals surface area contributed by atoms with Gasteiger partial charge in [0.15, 0.2) is 22.4 Å². The van der Waals surface area contributed by atoms with Crippen molar-refractivity contribution < 1.29 is 15.0 Å². The van der Waals surface area contributed by atoms with Gasteiger partial charge in [0.2, 0.25) is 0 Å². The second-order valence-corrected chi connectivity index (χ2v) is 10.2. The summed E-state index contributed by atoms with van der Waals surface area (Å²) < 4.78 is 1.61. The number of Topliss-reactive ketones (excluding diaryl/α,β-unsaturated/α-hetero) is 1. The largest absolute Gasteiger partial charge is 0.504 e. The zero-order valence-electron chi connectivity index (χ0n) is 18.0. The van der Waals surface area contributed by atoms with Crippen LogP contribution in [0.15, 0.2) is 52.4 Å². The molecule has 5 rings (SSSR count). The van der Waals surface area contributed by atoms with Crippen LogP contribution in [0.5, 0.6) is 11.5 Å². The van der Waals surface area contributed by atoms with Crippen molar-refractivity contribution in [2.45, 2.75) is 37.8 Å². The average Bonchev–Trinajstić information content (AvgIpc) is 3.19. The lowest BCUT2D eigenvalue weighted by atomic mass is 9.97. The van der Waals surface area contributed by atoms with Gasteiger partial charge in [-0.05, 0) is 68.5 Å². The molecule has 2 aromatic heterocycles. The molecule has 0 spiro atoms. The number of carbonyl (C=O) groups excluding carboxylic acids is 1. The Hall–Kier alpha value is -3.10. The molecule has 0 amide bonds. The maximum Gasteiger partial charge on any atom is 0.267 e. The van der Waals surface area contributed by atoms with Crippen molar-refractivity contribution in [3.8, 4) is 17.2 Å². The Labute approximate surface area is 198 Å². The number of hydrogen-bond acceptors (Lipinski definition) is 7. The van der Waals surface area contributed by atoms with Crippen LogP contribution in [0.1, 0.15) is 39.2 Å². The summed E-state index contributed by atoms with van der Waals surface area (Å²) in [4.78, 5) is 33.3. The Morgan fingerprint density at radius 2 is 1.85 bits per heavy atom. The maximum atomic E-state index is 13.7. The molecule has 8 heteroatoms. The topological polar surface area (TPSA) is 92.4 Å². The molecule has 6 nitrogen and oxygen atoms in total. The number of rotatable bonds is 5. The van der Waals surface area contributed by atoms with Crippen molar-refractivity contribution in [1.29, 1.82) is 0 Å². The number of phenols is 2. The summed E-state index contributed by atoms with van der Waals surface area (Å²) in [5.41, 5.74) is 3.13. The molecule has 0 radical (unpaired) electrons. The van der Waals surface area contributed by atoms with E-state index in [1.54, 1.807) is 15.9 Å². The molecule has 0 unspecified atom stereocenters. The van der Waals surface area contributed by atoms with Gasteiger partial charge >= 0.3 is 0 Å². The van der Waals surface area contributed by atoms with Crippen LogP contribution >= 0.6 is 23.1 Å². The van der Waals surface area contributed by atoms with E-state index >= 15 is 0 Å². The SMILES string of the molecule is Cc1ccc(-n2c(SCC(=O)c3ccc(O)c(O)c3)nc3sc4c(c3c2=O)CCCC4)cc1. The molecule has 0 saturated heterocycles. The number of ketones is 1. The summed E-state index contributed by atoms with van der Waals surface area (Å²) in [6, 6.07) is 11.7. The lowest BCUT2D eigenvalue weighted by Gasteiger charge is -2.14. The van der Waals surface area contributed by atoms with Gasteiger partial charge in [-0.1, -0.05) is 29.5 Å². The minimum atomic E-state index is -0.342. The van der Waals surface area contributed by atoms with Crippen molar-refractivity contribution in [3.05, 3.63) is 74.4 Å². The van der Waals surface area contributed by atoms with E-state index in [0.29, 0.717) is 16.2 Å². The van der Waals surface area contributed by atoms with Gasteiger partial charge in [0.25, 0.3) is 5.56 Å². The Morgan fingerprint density at radius 1 is 1.09 bits per heavy atom. The highest BCUT2D eigenvalue weighted by molar-refractivity contribution is 7.99. The number of aromatic hydroxyl groups is 2. The maximum absolute atomic E-state index is 13.7. The molecule has 1 aliphatic rings. The van der Waals surface area contributed by atoms with Crippen LogP contribution < -0.4 is 5.56 Å². The number of thioether (sulfide) groups is 1. The summed E-state index contributed by atoms with van der Waals surface area (Å²) in [5.74, 6) is -0.808. The highest BCUT2D eigenvalue weighted by Gasteiger charge is 2.23. The van der Waals surface area contributed by atoms with E-state index in [2.05, 4.69) is 0 Å². The first kappa shape index (κ1) is 21.7. The summed E-state index contributed by atoms with van der Waals surface area (Å²) in [6.07, 6.45) is 4.08. The van der Waals surface area contributed by atoms with E-state index < -0.39 is 0 Å². The van der Waals surface area contributed by atoms with Crippen LogP contribution in [-0.2, 0) is 12.8 Å². The van der Waals surface area contributed by atoms with Gasteiger partial charge in [0.05, 0.1) is 16.8 Å². The molecule has 33 heavy (non-hydrogen) atoms. The predicted molar refractivity (Wildman–Crippen MR) is 131 cm³/mol. The zero-order chi connectivity index (χ0) is 23.1. The molecule has 168 valence electrons. The number of carbonyl (C=O) groups is 1. The third-order valence-corrected chi connectivity index (χ3v) is 8.00. The summed E-state index contributed by atoms with van der Waals surface area (Å²) in [6.45, 7) is 1.99. The minimum absolute atomic E-state index is 0.0408. The fraction of sp³-hybridized carbons (Fsp3) is 0.240. The third-order valence-electron chi connectivity index (χ3n) is 5.88. The molecule has 0 saturated carbocycles. The average molecular weight is 479 g/mol. The fourth-order valence-electron chi connectivity index (χ4n) is 4.11. The summed E-state index contributed by atoms with van der Waals surface area (Å²) in [7, 11) is 0. The summed E-state index contributed by atoms with van der Waals surface area (Å²) in [5, 5.41) is 20.4. The second-order valence-electron chi connectivity index (χ2n) is 8.18. The lowest BCUT2D eigenvalue weighted by molar-refractivity contribution is 0.102. The highest BCUT2D eigenvalue weighted by Crippen LogP contribution is 2.35. The number of phenolic OH excluding ortho intramolecular Hbond substituents is 2. The van der Waals surface area contributed by atoms with E-state index in [1.165, 1.54) is 34.8 Å². The number of fused-ring (bicyclic) bond motifs is 3. The molecule has 0 fully saturated rings. The van der Waals surface area contributed by atoms with Crippen LogP contribution in [0.3, 0.4) is 0 Å². The van der Waals surface area contributed by atoms with Crippen LogP contribution in [0.4, 0.5) is 0 Å². The van der Waals surface area contributed by atoms with Gasteiger partial charge in [-0.25, -0.2) is 4.98 Å². The van der Waals surface area contributed by atoms with Gasteiger partial charge < -0.3 is 10.2 Å². The molecule has 2 heterocycles. The van der Waals surface area contributed by atoms with Crippen molar-refractivity contribution in [1.82, 2.24) is 9.55 Å². The van der Waals surface area contributed by atoms with Crippen molar-refractivity contribution in [3.63, 3.8) is 0 Å². The number of nitrogens with zero attached hydrogens (tertiary/aromatic N) is 2. The number of aryl methyl sites for hydroxylation is 3. The Balaban J connectivity index is 1.58. The Bertz CT molecular complexity index is 1440. The standard InChI is InChI=1S/C25H22N2O4S2/c1-14-6-9-16(10-7-14)27-24(31)22-17-4-2-3-5-21(17)33-23(22)26-25(27)32-13-20(30)15-8-11-18(28)19(29)12-15/h6-12,28-29H,2-5,13H2,1H3. The van der Waals surface area contributed by atoms with Crippen molar-refractivity contribution in [2.24, 2.45) is 0 Å². The monoisotopic (exact) mass is 478 g/mol. The van der Waals surface area contributed by atoms with Crippen molar-refractivity contribution >= 4 is 39.1 Å². The van der Waals surface area contributed by atoms with Gasteiger partial charge in [0.1, 0.15) is 4.83 Å². The highest BCUT2D eigenvalue weighted by atomic mass is 32.2. The van der Waals surface area contributed by atoms with Crippen LogP contribution in [-0.4, -0.2) is 31.3 Å². The molecule has 0 aliphatic heterocycles. The van der Waals surface area contributed by atoms with Gasteiger partial charge in [0, 0.05) is 10.4 Å². The summed E-state index contributed by atoms with van der Waals surface area (Å²) >= 11 is 2.78. The number of thiophene rings is 1. The quantitative estimate of drug-likeness (QED) is 0.181. The fourth-order valence-corrected chi connectivity index (χ4v) is 6.32. The Kier molecular flexibility index (Phi) is 5.72. The van der Waals surface area contributed by atoms with Gasteiger partial charge in [-0.15, -0.1) is 11.3 Å². The molecular formula is C25H22N2O4S2. The molecule has 2 aromatic carbocycles. The van der Waals surface area contributed by atoms with Crippen molar-refractivity contribution in [2.75, 3.05) is 5.75 Å². The molecule has 0 bridgehead atoms. The predicted octanol–water partition coefficient (Wildman–Crippen LogP) is 5.02. The molecule has 1 aliphatic carbocycles. The smallest absolute Gasteiger partial charge is 0.267 e. The molecular weight excluding hydrogens is 456 g/mol. The van der Waals surface area contributed by atoms with E-state index in [-0.39, 0.29) is 34.2 Å². The second kappa shape index (κ2) is 8.68. The van der Waals surface area contributed by atoms with Gasteiger partial charge in [-0.3, -0.25) is 14.2 Å². The first-order valence-corrected chi connectivity index (χ1v) is 12.5. The molecule has 2 N–H and O–H groups in total. The molecule has 0 atom stereocenters. The Morgan fingerprint density at radius 3 is 2.61 bits per heavy atom. The zero-order valence-corrected chi connectivity index (χ0v) is 19.6. The molecule has 4 aromatic rings.